The lowest BCUT2D eigenvalue weighted by Gasteiger charge is -2.09. The van der Waals surface area contributed by atoms with Gasteiger partial charge in [0.15, 0.2) is 10.3 Å². The standard InChI is InChI=1S/C16H12Cl2N6O2/c1-24-12(16(26)23-11-5-3-7-20-14(11)18)9(8-21-24)15(25)22-10-4-2-6-19-13(10)17/h2-8H,1H3,(H,22,25)(H,23,26). The van der Waals surface area contributed by atoms with Gasteiger partial charge in [-0.05, 0) is 24.3 Å². The second-order valence-electron chi connectivity index (χ2n) is 5.12. The molecule has 0 aliphatic carbocycles. The molecule has 3 aromatic rings. The molecule has 0 aliphatic heterocycles. The summed E-state index contributed by atoms with van der Waals surface area (Å²) in [6, 6.07) is 6.45. The van der Waals surface area contributed by atoms with Crippen LogP contribution in [0.2, 0.25) is 10.3 Å². The lowest BCUT2D eigenvalue weighted by atomic mass is 10.2. The van der Waals surface area contributed by atoms with Crippen molar-refractivity contribution < 1.29 is 9.59 Å². The summed E-state index contributed by atoms with van der Waals surface area (Å²) in [4.78, 5) is 32.9. The molecule has 0 aromatic carbocycles. The molecule has 0 fully saturated rings. The molecule has 132 valence electrons. The van der Waals surface area contributed by atoms with E-state index >= 15 is 0 Å². The highest BCUT2D eigenvalue weighted by molar-refractivity contribution is 6.33. The molecule has 10 heteroatoms. The first kappa shape index (κ1) is 17.8. The first-order valence-corrected chi connectivity index (χ1v) is 8.08. The van der Waals surface area contributed by atoms with Crippen LogP contribution in [0.4, 0.5) is 11.4 Å². The third-order valence-electron chi connectivity index (χ3n) is 3.41. The van der Waals surface area contributed by atoms with Gasteiger partial charge in [-0.2, -0.15) is 5.10 Å². The van der Waals surface area contributed by atoms with Crippen molar-refractivity contribution in [1.29, 1.82) is 0 Å². The summed E-state index contributed by atoms with van der Waals surface area (Å²) in [5.41, 5.74) is 0.777. The number of aromatic nitrogens is 4. The number of amides is 2. The van der Waals surface area contributed by atoms with Crippen LogP contribution in [0.5, 0.6) is 0 Å². The zero-order valence-electron chi connectivity index (χ0n) is 13.4. The SMILES string of the molecule is Cn1ncc(C(=O)Nc2cccnc2Cl)c1C(=O)Nc1cccnc1Cl. The topological polar surface area (TPSA) is 102 Å². The number of hydrogen-bond donors (Lipinski definition) is 2. The van der Waals surface area contributed by atoms with E-state index < -0.39 is 11.8 Å². The van der Waals surface area contributed by atoms with E-state index in [1.54, 1.807) is 31.3 Å². The molecule has 2 amide bonds. The van der Waals surface area contributed by atoms with Gasteiger partial charge in [-0.3, -0.25) is 14.3 Å². The van der Waals surface area contributed by atoms with Crippen molar-refractivity contribution in [2.24, 2.45) is 7.05 Å². The van der Waals surface area contributed by atoms with Crippen molar-refractivity contribution in [2.45, 2.75) is 0 Å². The molecule has 3 rings (SSSR count). The van der Waals surface area contributed by atoms with Crippen LogP contribution >= 0.6 is 23.2 Å². The summed E-state index contributed by atoms with van der Waals surface area (Å²) in [5.74, 6) is -1.10. The number of halogens is 2. The molecule has 3 aromatic heterocycles. The quantitative estimate of drug-likeness (QED) is 0.666. The van der Waals surface area contributed by atoms with Gasteiger partial charge in [-0.1, -0.05) is 23.2 Å². The van der Waals surface area contributed by atoms with Crippen molar-refractivity contribution in [1.82, 2.24) is 19.7 Å². The number of rotatable bonds is 4. The number of carbonyl (C=O) groups is 2. The Bertz CT molecular complexity index is 988. The average Bonchev–Trinajstić information content (AvgIpc) is 3.01. The molecule has 8 nitrogen and oxygen atoms in total. The van der Waals surface area contributed by atoms with Gasteiger partial charge >= 0.3 is 0 Å². The summed E-state index contributed by atoms with van der Waals surface area (Å²) < 4.78 is 1.29. The van der Waals surface area contributed by atoms with Gasteiger partial charge in [0.1, 0.15) is 5.69 Å². The van der Waals surface area contributed by atoms with Gasteiger partial charge in [0.25, 0.3) is 11.8 Å². The number of nitrogens with one attached hydrogen (secondary N) is 2. The summed E-state index contributed by atoms with van der Waals surface area (Å²) in [6.07, 6.45) is 4.29. The smallest absolute Gasteiger partial charge is 0.274 e. The van der Waals surface area contributed by atoms with E-state index in [-0.39, 0.29) is 21.6 Å². The highest BCUT2D eigenvalue weighted by atomic mass is 35.5. The van der Waals surface area contributed by atoms with Crippen molar-refractivity contribution in [3.63, 3.8) is 0 Å². The molecule has 0 spiro atoms. The Labute approximate surface area is 158 Å². The Morgan fingerprint density at radius 2 is 1.50 bits per heavy atom. The van der Waals surface area contributed by atoms with Gasteiger partial charge in [0.2, 0.25) is 0 Å². The first-order valence-electron chi connectivity index (χ1n) is 7.33. The molecule has 0 radical (unpaired) electrons. The van der Waals surface area contributed by atoms with Crippen LogP contribution in [-0.4, -0.2) is 31.6 Å². The van der Waals surface area contributed by atoms with Crippen LogP contribution in [0, 0.1) is 0 Å². The molecule has 0 unspecified atom stereocenters. The third kappa shape index (κ3) is 3.66. The minimum absolute atomic E-state index is 0.0578. The van der Waals surface area contributed by atoms with Crippen molar-refractivity contribution in [3.8, 4) is 0 Å². The number of pyridine rings is 2. The maximum Gasteiger partial charge on any atom is 0.274 e. The number of aryl methyl sites for hydroxylation is 1. The van der Waals surface area contributed by atoms with E-state index in [1.165, 1.54) is 23.3 Å². The summed E-state index contributed by atoms with van der Waals surface area (Å²) in [6.45, 7) is 0. The Morgan fingerprint density at radius 1 is 0.962 bits per heavy atom. The van der Waals surface area contributed by atoms with Crippen LogP contribution in [-0.2, 0) is 7.05 Å². The number of hydrogen-bond acceptors (Lipinski definition) is 5. The van der Waals surface area contributed by atoms with Crippen LogP contribution in [0.1, 0.15) is 20.8 Å². The van der Waals surface area contributed by atoms with Gasteiger partial charge in [0.05, 0.1) is 23.1 Å². The van der Waals surface area contributed by atoms with E-state index in [9.17, 15) is 9.59 Å². The lowest BCUT2D eigenvalue weighted by Crippen LogP contribution is -2.22. The van der Waals surface area contributed by atoms with E-state index in [2.05, 4.69) is 25.7 Å². The molecule has 0 saturated carbocycles. The first-order chi connectivity index (χ1) is 12.5. The highest BCUT2D eigenvalue weighted by Crippen LogP contribution is 2.21. The van der Waals surface area contributed by atoms with E-state index in [0.29, 0.717) is 11.4 Å². The van der Waals surface area contributed by atoms with Crippen molar-refractivity contribution >= 4 is 46.4 Å². The molecule has 26 heavy (non-hydrogen) atoms. The van der Waals surface area contributed by atoms with Gasteiger partial charge in [-0.25, -0.2) is 9.97 Å². The summed E-state index contributed by atoms with van der Waals surface area (Å²) >= 11 is 11.9. The number of anilines is 2. The third-order valence-corrected chi connectivity index (χ3v) is 4.02. The zero-order valence-corrected chi connectivity index (χ0v) is 14.9. The Kier molecular flexibility index (Phi) is 5.15. The fourth-order valence-corrected chi connectivity index (χ4v) is 2.54. The normalized spacial score (nSPS) is 10.4. The van der Waals surface area contributed by atoms with Gasteiger partial charge < -0.3 is 10.6 Å². The Balaban J connectivity index is 1.87. The molecular formula is C16H12Cl2N6O2. The molecule has 2 N–H and O–H groups in total. The summed E-state index contributed by atoms with van der Waals surface area (Å²) in [5, 5.41) is 9.47. The lowest BCUT2D eigenvalue weighted by molar-refractivity contribution is 0.0985. The predicted octanol–water partition coefficient (Wildman–Crippen LogP) is 3.02. The Morgan fingerprint density at radius 3 is 2.04 bits per heavy atom. The minimum atomic E-state index is -0.553. The van der Waals surface area contributed by atoms with Gasteiger partial charge in [-0.15, -0.1) is 0 Å². The number of carbonyl (C=O) groups excluding carboxylic acids is 2. The van der Waals surface area contributed by atoms with Crippen molar-refractivity contribution in [3.05, 3.63) is 64.4 Å². The molecule has 0 saturated heterocycles. The maximum absolute atomic E-state index is 12.6. The monoisotopic (exact) mass is 390 g/mol. The highest BCUT2D eigenvalue weighted by Gasteiger charge is 2.23. The van der Waals surface area contributed by atoms with E-state index in [1.807, 2.05) is 0 Å². The second-order valence-corrected chi connectivity index (χ2v) is 5.84. The average molecular weight is 391 g/mol. The van der Waals surface area contributed by atoms with E-state index in [0.717, 1.165) is 0 Å². The molecule has 3 heterocycles. The maximum atomic E-state index is 12.6. The van der Waals surface area contributed by atoms with E-state index in [4.69, 9.17) is 23.2 Å². The molecular weight excluding hydrogens is 379 g/mol. The zero-order chi connectivity index (χ0) is 18.7. The van der Waals surface area contributed by atoms with Crippen LogP contribution in [0.3, 0.4) is 0 Å². The van der Waals surface area contributed by atoms with Crippen molar-refractivity contribution in [2.75, 3.05) is 10.6 Å². The van der Waals surface area contributed by atoms with Crippen LogP contribution in [0.25, 0.3) is 0 Å². The molecule has 0 bridgehead atoms. The summed E-state index contributed by atoms with van der Waals surface area (Å²) in [7, 11) is 1.55. The fraction of sp³-hybridized carbons (Fsp3) is 0.0625. The van der Waals surface area contributed by atoms with Crippen LogP contribution < -0.4 is 10.6 Å². The molecule has 0 atom stereocenters. The number of nitrogens with zero attached hydrogens (tertiary/aromatic N) is 4. The largest absolute Gasteiger partial charge is 0.319 e. The molecule has 0 aliphatic rings. The fourth-order valence-electron chi connectivity index (χ4n) is 2.20. The van der Waals surface area contributed by atoms with Crippen LogP contribution in [0.15, 0.2) is 42.9 Å². The predicted molar refractivity (Wildman–Crippen MR) is 97.6 cm³/mol. The second kappa shape index (κ2) is 7.51. The minimum Gasteiger partial charge on any atom is -0.319 e. The van der Waals surface area contributed by atoms with Gasteiger partial charge in [0, 0.05) is 19.4 Å². The Hall–Kier alpha value is -2.97.